The monoisotopic (exact) mass is 191 g/mol. The van der Waals surface area contributed by atoms with Gasteiger partial charge >= 0.3 is 0 Å². The molecule has 0 aliphatic heterocycles. The van der Waals surface area contributed by atoms with E-state index in [1.54, 1.807) is 19.1 Å². The second-order valence-electron chi connectivity index (χ2n) is 3.02. The van der Waals surface area contributed by atoms with Crippen LogP contribution in [0.15, 0.2) is 21.1 Å². The van der Waals surface area contributed by atoms with E-state index in [1.807, 2.05) is 6.92 Å². The molecule has 0 aromatic carbocycles. The third kappa shape index (κ3) is 1.25. The summed E-state index contributed by atoms with van der Waals surface area (Å²) in [6, 6.07) is 3.35. The van der Waals surface area contributed by atoms with E-state index < -0.39 is 0 Å². The molecule has 72 valence electrons. The molecule has 0 atom stereocenters. The molecule has 0 amide bonds. The summed E-state index contributed by atoms with van der Waals surface area (Å²) in [5, 5.41) is 3.80. The number of hydrogen-bond donors (Lipinski definition) is 0. The van der Waals surface area contributed by atoms with E-state index in [9.17, 15) is 4.79 Å². The summed E-state index contributed by atoms with van der Waals surface area (Å²) in [6.07, 6.45) is 0.668. The first-order valence-electron chi connectivity index (χ1n) is 4.20. The summed E-state index contributed by atoms with van der Waals surface area (Å²) in [7, 11) is 0. The minimum Gasteiger partial charge on any atom is -0.453 e. The molecule has 2 rings (SSSR count). The molecule has 2 aromatic heterocycles. The van der Waals surface area contributed by atoms with Crippen molar-refractivity contribution in [2.24, 2.45) is 0 Å². The molecule has 0 saturated carbocycles. The molecule has 0 radical (unpaired) electrons. The van der Waals surface area contributed by atoms with Crippen molar-refractivity contribution in [1.29, 1.82) is 0 Å². The molecule has 0 aliphatic rings. The Kier molecular flexibility index (Phi) is 1.96. The van der Waals surface area contributed by atoms with Crippen LogP contribution in [0.2, 0.25) is 0 Å². The van der Waals surface area contributed by atoms with Crippen LogP contribution < -0.4 is 0 Å². The van der Waals surface area contributed by atoms with Gasteiger partial charge in [-0.05, 0) is 26.0 Å². The molecule has 0 aliphatic carbocycles. The largest absolute Gasteiger partial charge is 0.453 e. The van der Waals surface area contributed by atoms with E-state index >= 15 is 0 Å². The Morgan fingerprint density at radius 2 is 2.14 bits per heavy atom. The molecule has 0 N–H and O–H groups in total. The van der Waals surface area contributed by atoms with E-state index in [0.29, 0.717) is 23.6 Å². The molecule has 0 saturated heterocycles. The van der Waals surface area contributed by atoms with Crippen molar-refractivity contribution >= 4 is 6.29 Å². The summed E-state index contributed by atoms with van der Waals surface area (Å²) in [5.74, 6) is 1.61. The number of nitrogens with zero attached hydrogens (tertiary/aromatic N) is 1. The lowest BCUT2D eigenvalue weighted by atomic mass is 10.1. The second-order valence-corrected chi connectivity index (χ2v) is 3.02. The maximum Gasteiger partial charge on any atom is 0.185 e. The van der Waals surface area contributed by atoms with Crippen LogP contribution in [0, 0.1) is 13.8 Å². The first-order chi connectivity index (χ1) is 6.72. The summed E-state index contributed by atoms with van der Waals surface area (Å²) in [6.45, 7) is 3.63. The van der Waals surface area contributed by atoms with Crippen LogP contribution in [0.25, 0.3) is 11.3 Å². The summed E-state index contributed by atoms with van der Waals surface area (Å²) >= 11 is 0. The van der Waals surface area contributed by atoms with E-state index in [4.69, 9.17) is 8.94 Å². The minimum absolute atomic E-state index is 0.306. The number of carbonyl (C=O) groups is 1. The topological polar surface area (TPSA) is 56.2 Å². The smallest absolute Gasteiger partial charge is 0.185 e. The Morgan fingerprint density at radius 1 is 1.36 bits per heavy atom. The highest BCUT2D eigenvalue weighted by Gasteiger charge is 2.14. The third-order valence-electron chi connectivity index (χ3n) is 2.02. The quantitative estimate of drug-likeness (QED) is 0.684. The van der Waals surface area contributed by atoms with E-state index in [2.05, 4.69) is 5.16 Å². The van der Waals surface area contributed by atoms with Crippen molar-refractivity contribution in [3.63, 3.8) is 0 Å². The lowest BCUT2D eigenvalue weighted by molar-refractivity contribution is 0.110. The Labute approximate surface area is 80.5 Å². The summed E-state index contributed by atoms with van der Waals surface area (Å²) < 4.78 is 10.3. The van der Waals surface area contributed by atoms with Crippen molar-refractivity contribution in [1.82, 2.24) is 5.16 Å². The maximum atomic E-state index is 10.4. The molecular weight excluding hydrogens is 182 g/mol. The molecule has 0 bridgehead atoms. The highest BCUT2D eigenvalue weighted by molar-refractivity contribution is 5.73. The Hall–Kier alpha value is -1.84. The predicted molar refractivity (Wildman–Crippen MR) is 49.1 cm³/mol. The van der Waals surface area contributed by atoms with Crippen molar-refractivity contribution in [3.05, 3.63) is 29.3 Å². The third-order valence-corrected chi connectivity index (χ3v) is 2.02. The zero-order valence-corrected chi connectivity index (χ0v) is 7.90. The first kappa shape index (κ1) is 8.74. The van der Waals surface area contributed by atoms with Gasteiger partial charge in [0.2, 0.25) is 0 Å². The van der Waals surface area contributed by atoms with Crippen LogP contribution in [-0.4, -0.2) is 11.4 Å². The van der Waals surface area contributed by atoms with Gasteiger partial charge in [-0.15, -0.1) is 0 Å². The number of hydrogen-bond acceptors (Lipinski definition) is 4. The van der Waals surface area contributed by atoms with Crippen molar-refractivity contribution in [3.8, 4) is 11.3 Å². The van der Waals surface area contributed by atoms with Gasteiger partial charge in [-0.3, -0.25) is 4.79 Å². The molecule has 14 heavy (non-hydrogen) atoms. The fourth-order valence-electron chi connectivity index (χ4n) is 1.39. The van der Waals surface area contributed by atoms with Crippen molar-refractivity contribution in [2.45, 2.75) is 13.8 Å². The maximum absolute atomic E-state index is 10.4. The van der Waals surface area contributed by atoms with Gasteiger partial charge in [-0.1, -0.05) is 5.16 Å². The molecular formula is C10H9NO3. The fourth-order valence-corrected chi connectivity index (χ4v) is 1.39. The van der Waals surface area contributed by atoms with Crippen LogP contribution in [0.5, 0.6) is 0 Å². The normalized spacial score (nSPS) is 10.4. The lowest BCUT2D eigenvalue weighted by Crippen LogP contribution is -1.78. The zero-order valence-electron chi connectivity index (χ0n) is 7.90. The van der Waals surface area contributed by atoms with Crippen molar-refractivity contribution in [2.75, 3.05) is 0 Å². The van der Waals surface area contributed by atoms with Crippen molar-refractivity contribution < 1.29 is 13.7 Å². The van der Waals surface area contributed by atoms with Gasteiger partial charge in [-0.2, -0.15) is 0 Å². The van der Waals surface area contributed by atoms with E-state index in [0.717, 1.165) is 11.3 Å². The molecule has 2 heterocycles. The minimum atomic E-state index is 0.306. The highest BCUT2D eigenvalue weighted by Crippen LogP contribution is 2.27. The molecule has 4 nitrogen and oxygen atoms in total. The predicted octanol–water partition coefficient (Wildman–Crippen LogP) is 2.36. The number of aromatic nitrogens is 1. The lowest BCUT2D eigenvalue weighted by Gasteiger charge is -1.92. The number of carbonyl (C=O) groups excluding carboxylic acids is 1. The molecule has 2 aromatic rings. The van der Waals surface area contributed by atoms with Gasteiger partial charge in [0.1, 0.15) is 11.5 Å². The SMILES string of the molecule is Cc1noc(C)c1-c1ccc(C=O)o1. The molecule has 4 heteroatoms. The summed E-state index contributed by atoms with van der Waals surface area (Å²) in [5.41, 5.74) is 1.58. The van der Waals surface area contributed by atoms with Gasteiger partial charge in [0.15, 0.2) is 12.0 Å². The summed E-state index contributed by atoms with van der Waals surface area (Å²) in [4.78, 5) is 10.4. The van der Waals surface area contributed by atoms with Gasteiger partial charge < -0.3 is 8.94 Å². The van der Waals surface area contributed by atoms with Gasteiger partial charge in [-0.25, -0.2) is 0 Å². The molecule has 0 spiro atoms. The van der Waals surface area contributed by atoms with Crippen LogP contribution in [0.4, 0.5) is 0 Å². The van der Waals surface area contributed by atoms with Gasteiger partial charge in [0.25, 0.3) is 0 Å². The van der Waals surface area contributed by atoms with Crippen LogP contribution >= 0.6 is 0 Å². The number of aldehydes is 1. The zero-order chi connectivity index (χ0) is 10.1. The Bertz CT molecular complexity index is 448. The number of furan rings is 1. The van der Waals surface area contributed by atoms with Crippen LogP contribution in [-0.2, 0) is 0 Å². The van der Waals surface area contributed by atoms with Gasteiger partial charge in [0, 0.05) is 0 Å². The highest BCUT2D eigenvalue weighted by atomic mass is 16.5. The fraction of sp³-hybridized carbons (Fsp3) is 0.200. The Morgan fingerprint density at radius 3 is 2.64 bits per heavy atom. The van der Waals surface area contributed by atoms with E-state index in [1.165, 1.54) is 0 Å². The Balaban J connectivity index is 2.53. The number of rotatable bonds is 2. The number of aryl methyl sites for hydroxylation is 2. The standard InChI is InChI=1S/C10H9NO3/c1-6-10(7(2)14-11-6)9-4-3-8(5-12)13-9/h3-5H,1-2H3. The average Bonchev–Trinajstić information content (AvgIpc) is 2.73. The first-order valence-corrected chi connectivity index (χ1v) is 4.20. The van der Waals surface area contributed by atoms with E-state index in [-0.39, 0.29) is 0 Å². The average molecular weight is 191 g/mol. The molecule has 0 fully saturated rings. The second kappa shape index (κ2) is 3.14. The van der Waals surface area contributed by atoms with Crippen LogP contribution in [0.3, 0.4) is 0 Å². The van der Waals surface area contributed by atoms with Gasteiger partial charge in [0.05, 0.1) is 11.3 Å². The molecule has 0 unspecified atom stereocenters. The van der Waals surface area contributed by atoms with Crippen LogP contribution in [0.1, 0.15) is 22.0 Å².